The summed E-state index contributed by atoms with van der Waals surface area (Å²) >= 11 is 1.51. The van der Waals surface area contributed by atoms with Crippen LogP contribution in [0.2, 0.25) is 0 Å². The Morgan fingerprint density at radius 1 is 1.37 bits per heavy atom. The third kappa shape index (κ3) is 3.52. The number of halogens is 1. The first kappa shape index (κ1) is 18.7. The third-order valence-electron chi connectivity index (χ3n) is 5.01. The number of H-pyrrole nitrogens is 1. The average molecular weight is 426 g/mol. The molecule has 1 aliphatic rings. The zero-order valence-corrected chi connectivity index (χ0v) is 17.0. The number of aryl methyl sites for hydroxylation is 1. The fourth-order valence-corrected chi connectivity index (χ4v) is 4.10. The number of hydrogen-bond acceptors (Lipinski definition) is 9. The highest BCUT2D eigenvalue weighted by Crippen LogP contribution is 2.36. The molecule has 0 aromatic carbocycles. The van der Waals surface area contributed by atoms with Crippen molar-refractivity contribution >= 4 is 28.9 Å². The van der Waals surface area contributed by atoms with Crippen LogP contribution in [0, 0.1) is 5.82 Å². The maximum atomic E-state index is 14.3. The molecule has 0 spiro atoms. The van der Waals surface area contributed by atoms with Crippen molar-refractivity contribution < 1.29 is 8.91 Å². The van der Waals surface area contributed by atoms with Gasteiger partial charge in [-0.15, -0.1) is 11.3 Å². The molecule has 0 amide bonds. The maximum absolute atomic E-state index is 14.3. The zero-order chi connectivity index (χ0) is 20.5. The van der Waals surface area contributed by atoms with Gasteiger partial charge in [0.1, 0.15) is 10.7 Å². The van der Waals surface area contributed by atoms with Gasteiger partial charge in [0.05, 0.1) is 12.2 Å². The largest absolute Gasteiger partial charge is 0.358 e. The monoisotopic (exact) mass is 426 g/mol. The van der Waals surface area contributed by atoms with Crippen molar-refractivity contribution in [3.8, 4) is 10.7 Å². The smallest absolute Gasteiger partial charge is 0.228 e. The first-order valence-corrected chi connectivity index (χ1v) is 10.6. The molecule has 4 aromatic heterocycles. The fourth-order valence-electron chi connectivity index (χ4n) is 3.51. The second kappa shape index (κ2) is 7.82. The van der Waals surface area contributed by atoms with E-state index in [2.05, 4.69) is 35.6 Å². The van der Waals surface area contributed by atoms with E-state index in [1.165, 1.54) is 17.5 Å². The van der Waals surface area contributed by atoms with E-state index in [4.69, 9.17) is 4.52 Å². The topological polar surface area (TPSA) is 109 Å². The van der Waals surface area contributed by atoms with Gasteiger partial charge in [-0.1, -0.05) is 12.1 Å². The molecule has 1 fully saturated rings. The molecule has 1 aliphatic heterocycles. The normalized spacial score (nSPS) is 16.3. The number of rotatable bonds is 6. The van der Waals surface area contributed by atoms with Gasteiger partial charge in [0.25, 0.3) is 0 Å². The van der Waals surface area contributed by atoms with Crippen LogP contribution in [0.15, 0.2) is 34.4 Å². The Bertz CT molecular complexity index is 1140. The summed E-state index contributed by atoms with van der Waals surface area (Å²) in [7, 11) is 0. The lowest BCUT2D eigenvalue weighted by molar-refractivity contribution is 0.362. The lowest BCUT2D eigenvalue weighted by Gasteiger charge is -2.22. The predicted octanol–water partition coefficient (Wildman–Crippen LogP) is 4.10. The highest BCUT2D eigenvalue weighted by Gasteiger charge is 2.32. The summed E-state index contributed by atoms with van der Waals surface area (Å²) < 4.78 is 19.9. The van der Waals surface area contributed by atoms with Gasteiger partial charge in [0, 0.05) is 35.9 Å². The highest BCUT2D eigenvalue weighted by atomic mass is 32.1. The molecule has 1 saturated heterocycles. The third-order valence-corrected chi connectivity index (χ3v) is 5.80. The first-order valence-electron chi connectivity index (χ1n) is 9.68. The number of nitrogens with zero attached hydrogens (tertiary/aromatic N) is 6. The quantitative estimate of drug-likeness (QED) is 0.474. The van der Waals surface area contributed by atoms with Crippen LogP contribution >= 0.6 is 11.3 Å². The lowest BCUT2D eigenvalue weighted by Crippen LogP contribution is -2.24. The van der Waals surface area contributed by atoms with Crippen LogP contribution in [0.1, 0.15) is 37.3 Å². The molecule has 0 saturated carbocycles. The molecule has 2 N–H and O–H groups in total. The van der Waals surface area contributed by atoms with Crippen LogP contribution in [0.25, 0.3) is 10.7 Å². The Hall–Kier alpha value is -3.34. The van der Waals surface area contributed by atoms with Gasteiger partial charge in [0.2, 0.25) is 5.95 Å². The molecule has 5 heterocycles. The number of nitrogens with one attached hydrogen (secondary N) is 2. The molecule has 11 heteroatoms. The van der Waals surface area contributed by atoms with Crippen LogP contribution in [-0.4, -0.2) is 36.9 Å². The van der Waals surface area contributed by atoms with Gasteiger partial charge in [-0.2, -0.15) is 10.1 Å². The van der Waals surface area contributed by atoms with E-state index in [9.17, 15) is 4.39 Å². The highest BCUT2D eigenvalue weighted by molar-refractivity contribution is 7.13. The molecule has 4 aromatic rings. The molecule has 30 heavy (non-hydrogen) atoms. The van der Waals surface area contributed by atoms with Gasteiger partial charge in [0.15, 0.2) is 23.2 Å². The van der Waals surface area contributed by atoms with Crippen LogP contribution in [0.4, 0.5) is 22.0 Å². The number of aromatic nitrogens is 6. The molecule has 0 aliphatic carbocycles. The van der Waals surface area contributed by atoms with E-state index < -0.39 is 5.82 Å². The SMILES string of the molecule is CCc1cc(Nc2nc(N3CCCC3c3cc(-c4nccs4)no3)ncc2F)n[nH]1. The fraction of sp³-hybridized carbons (Fsp3) is 0.316. The van der Waals surface area contributed by atoms with E-state index in [-0.39, 0.29) is 11.9 Å². The standard InChI is InChI=1S/C19H19FN8OS/c1-2-11-8-16(26-25-11)23-17-12(20)10-22-19(24-17)28-6-3-4-14(28)15-9-13(27-29-15)18-21-5-7-30-18/h5,7-10,14H,2-4,6H2,1H3,(H2,22,23,24,25,26). The summed E-state index contributed by atoms with van der Waals surface area (Å²) in [5, 5.41) is 16.8. The Morgan fingerprint density at radius 3 is 3.10 bits per heavy atom. The van der Waals surface area contributed by atoms with Crippen molar-refractivity contribution in [3.63, 3.8) is 0 Å². The Morgan fingerprint density at radius 2 is 2.30 bits per heavy atom. The zero-order valence-electron chi connectivity index (χ0n) is 16.2. The van der Waals surface area contributed by atoms with Gasteiger partial charge in [-0.3, -0.25) is 5.10 Å². The number of hydrogen-bond donors (Lipinski definition) is 2. The second-order valence-electron chi connectivity index (χ2n) is 6.93. The summed E-state index contributed by atoms with van der Waals surface area (Å²) in [6.07, 6.45) is 5.53. The van der Waals surface area contributed by atoms with E-state index >= 15 is 0 Å². The molecule has 154 valence electrons. The van der Waals surface area contributed by atoms with Crippen molar-refractivity contribution in [2.24, 2.45) is 0 Å². The van der Waals surface area contributed by atoms with E-state index in [0.717, 1.165) is 42.3 Å². The molecule has 1 atom stereocenters. The van der Waals surface area contributed by atoms with Gasteiger partial charge in [-0.25, -0.2) is 14.4 Å². The Balaban J connectivity index is 1.40. The number of aromatic amines is 1. The lowest BCUT2D eigenvalue weighted by atomic mass is 10.1. The van der Waals surface area contributed by atoms with Crippen molar-refractivity contribution in [2.75, 3.05) is 16.8 Å². The van der Waals surface area contributed by atoms with Crippen LogP contribution in [0.5, 0.6) is 0 Å². The average Bonchev–Trinajstić information content (AvgIpc) is 3.55. The summed E-state index contributed by atoms with van der Waals surface area (Å²) in [6.45, 7) is 2.75. The van der Waals surface area contributed by atoms with Gasteiger partial charge < -0.3 is 14.7 Å². The van der Waals surface area contributed by atoms with Gasteiger partial charge >= 0.3 is 0 Å². The molecule has 9 nitrogen and oxygen atoms in total. The minimum absolute atomic E-state index is 0.0680. The molecular formula is C19H19FN8OS. The maximum Gasteiger partial charge on any atom is 0.228 e. The molecule has 0 bridgehead atoms. The van der Waals surface area contributed by atoms with Crippen molar-refractivity contribution in [1.29, 1.82) is 0 Å². The van der Waals surface area contributed by atoms with Crippen LogP contribution in [0.3, 0.4) is 0 Å². The van der Waals surface area contributed by atoms with E-state index in [1.54, 1.807) is 6.20 Å². The van der Waals surface area contributed by atoms with E-state index in [0.29, 0.717) is 17.5 Å². The summed E-state index contributed by atoms with van der Waals surface area (Å²) in [5.41, 5.74) is 1.66. The number of anilines is 3. The van der Waals surface area contributed by atoms with Crippen molar-refractivity contribution in [3.05, 3.63) is 47.2 Å². The molecular weight excluding hydrogens is 407 g/mol. The second-order valence-corrected chi connectivity index (χ2v) is 7.82. The minimum Gasteiger partial charge on any atom is -0.358 e. The minimum atomic E-state index is -0.540. The first-order chi connectivity index (χ1) is 14.7. The van der Waals surface area contributed by atoms with E-state index in [1.807, 2.05) is 29.3 Å². The predicted molar refractivity (Wildman–Crippen MR) is 110 cm³/mol. The summed E-state index contributed by atoms with van der Waals surface area (Å²) in [6, 6.07) is 3.66. The molecule has 5 rings (SSSR count). The van der Waals surface area contributed by atoms with Crippen LogP contribution < -0.4 is 10.2 Å². The Labute approximate surface area is 175 Å². The number of thiazole rings is 1. The molecule has 0 radical (unpaired) electrons. The van der Waals surface area contributed by atoms with Crippen LogP contribution in [-0.2, 0) is 6.42 Å². The van der Waals surface area contributed by atoms with Crippen molar-refractivity contribution in [2.45, 2.75) is 32.2 Å². The van der Waals surface area contributed by atoms with Gasteiger partial charge in [-0.05, 0) is 19.3 Å². The van der Waals surface area contributed by atoms with Crippen molar-refractivity contribution in [1.82, 2.24) is 30.3 Å². The summed E-state index contributed by atoms with van der Waals surface area (Å²) in [5.74, 6) is 1.21. The summed E-state index contributed by atoms with van der Waals surface area (Å²) in [4.78, 5) is 14.9. The molecule has 1 unspecified atom stereocenters. The Kier molecular flexibility index (Phi) is 4.87.